The fraction of sp³-hybridized carbons (Fsp3) is 0.0833. The van der Waals surface area contributed by atoms with Crippen LogP contribution in [-0.4, -0.2) is 15.7 Å². The standard InChI is InChI=1S/C24H18BrF2N3O2/c25-18-9-10-22(32-15-16-5-2-1-3-6-16)17(11-18)13-30-14-19(12-28-30)29-24(31)23-20(26)7-4-8-21(23)27/h1-12,14H,13,15H2,(H,29,31). The van der Waals surface area contributed by atoms with E-state index in [4.69, 9.17) is 4.74 Å². The van der Waals surface area contributed by atoms with Crippen LogP contribution in [0.15, 0.2) is 83.6 Å². The van der Waals surface area contributed by atoms with E-state index in [0.29, 0.717) is 24.6 Å². The zero-order valence-corrected chi connectivity index (χ0v) is 18.4. The van der Waals surface area contributed by atoms with Crippen LogP contribution < -0.4 is 10.1 Å². The summed E-state index contributed by atoms with van der Waals surface area (Å²) in [5, 5.41) is 6.71. The smallest absolute Gasteiger partial charge is 0.261 e. The number of ether oxygens (including phenoxy) is 1. The quantitative estimate of drug-likeness (QED) is 0.350. The van der Waals surface area contributed by atoms with Gasteiger partial charge in [-0.05, 0) is 35.9 Å². The molecule has 4 aromatic rings. The van der Waals surface area contributed by atoms with E-state index < -0.39 is 23.1 Å². The first-order chi connectivity index (χ1) is 15.5. The van der Waals surface area contributed by atoms with Gasteiger partial charge in [0, 0.05) is 16.2 Å². The molecule has 0 saturated heterocycles. The lowest BCUT2D eigenvalue weighted by atomic mass is 10.2. The Balaban J connectivity index is 1.47. The number of halogens is 3. The van der Waals surface area contributed by atoms with Crippen LogP contribution in [0.25, 0.3) is 0 Å². The predicted octanol–water partition coefficient (Wildman–Crippen LogP) is 5.80. The van der Waals surface area contributed by atoms with Crippen molar-refractivity contribution in [2.24, 2.45) is 0 Å². The summed E-state index contributed by atoms with van der Waals surface area (Å²) in [5.74, 6) is -2.03. The Bertz CT molecular complexity index is 1220. The third kappa shape index (κ3) is 5.20. The first-order valence-corrected chi connectivity index (χ1v) is 10.5. The van der Waals surface area contributed by atoms with Crippen molar-refractivity contribution in [3.05, 3.63) is 112 Å². The molecule has 4 rings (SSSR count). The summed E-state index contributed by atoms with van der Waals surface area (Å²) < 4.78 is 36.1. The third-order valence-electron chi connectivity index (χ3n) is 4.67. The number of nitrogens with zero attached hydrogens (tertiary/aromatic N) is 2. The molecule has 0 radical (unpaired) electrons. The first-order valence-electron chi connectivity index (χ1n) is 9.72. The molecule has 0 fully saturated rings. The lowest BCUT2D eigenvalue weighted by Crippen LogP contribution is -2.15. The number of benzene rings is 3. The number of aromatic nitrogens is 2. The minimum absolute atomic E-state index is 0.319. The number of rotatable bonds is 7. The van der Waals surface area contributed by atoms with Crippen LogP contribution in [0.3, 0.4) is 0 Å². The molecule has 3 aromatic carbocycles. The van der Waals surface area contributed by atoms with Gasteiger partial charge in [-0.15, -0.1) is 0 Å². The Kier molecular flexibility index (Phi) is 6.61. The summed E-state index contributed by atoms with van der Waals surface area (Å²) in [6, 6.07) is 18.8. The summed E-state index contributed by atoms with van der Waals surface area (Å²) in [6.07, 6.45) is 3.00. The number of amides is 1. The van der Waals surface area contributed by atoms with Crippen molar-refractivity contribution in [2.45, 2.75) is 13.2 Å². The molecule has 5 nitrogen and oxygen atoms in total. The molecule has 0 unspecified atom stereocenters. The molecule has 1 aromatic heterocycles. The lowest BCUT2D eigenvalue weighted by molar-refractivity contribution is 0.101. The Morgan fingerprint density at radius 2 is 1.78 bits per heavy atom. The Morgan fingerprint density at radius 1 is 1.03 bits per heavy atom. The van der Waals surface area contributed by atoms with Crippen molar-refractivity contribution >= 4 is 27.5 Å². The van der Waals surface area contributed by atoms with Gasteiger partial charge in [-0.25, -0.2) is 8.78 Å². The zero-order chi connectivity index (χ0) is 22.5. The fourth-order valence-corrected chi connectivity index (χ4v) is 3.55. The normalized spacial score (nSPS) is 10.7. The summed E-state index contributed by atoms with van der Waals surface area (Å²) in [7, 11) is 0. The second-order valence-corrected chi connectivity index (χ2v) is 7.92. The Morgan fingerprint density at radius 3 is 2.53 bits per heavy atom. The number of anilines is 1. The van der Waals surface area contributed by atoms with Crippen LogP contribution in [-0.2, 0) is 13.2 Å². The molecule has 0 saturated carbocycles. The van der Waals surface area contributed by atoms with Crippen LogP contribution in [0.2, 0.25) is 0 Å². The molecule has 0 bridgehead atoms. The zero-order valence-electron chi connectivity index (χ0n) is 16.8. The molecule has 162 valence electrons. The van der Waals surface area contributed by atoms with Gasteiger partial charge in [-0.1, -0.05) is 52.3 Å². The van der Waals surface area contributed by atoms with Gasteiger partial charge in [-0.2, -0.15) is 5.10 Å². The highest BCUT2D eigenvalue weighted by atomic mass is 79.9. The molecule has 1 amide bonds. The average Bonchev–Trinajstić information content (AvgIpc) is 3.20. The first kappa shape index (κ1) is 21.7. The highest BCUT2D eigenvalue weighted by Gasteiger charge is 2.18. The van der Waals surface area contributed by atoms with Crippen molar-refractivity contribution in [2.75, 3.05) is 5.32 Å². The van der Waals surface area contributed by atoms with Gasteiger partial charge in [-0.3, -0.25) is 9.48 Å². The number of carbonyl (C=O) groups is 1. The Hall–Kier alpha value is -3.52. The number of hydrogen-bond donors (Lipinski definition) is 1. The minimum Gasteiger partial charge on any atom is -0.489 e. The molecular formula is C24H18BrF2N3O2. The van der Waals surface area contributed by atoms with E-state index in [2.05, 4.69) is 26.3 Å². The number of nitrogens with one attached hydrogen (secondary N) is 1. The van der Waals surface area contributed by atoms with Gasteiger partial charge >= 0.3 is 0 Å². The highest BCUT2D eigenvalue weighted by Crippen LogP contribution is 2.25. The molecule has 0 aliphatic heterocycles. The predicted molar refractivity (Wildman–Crippen MR) is 121 cm³/mol. The largest absolute Gasteiger partial charge is 0.489 e. The van der Waals surface area contributed by atoms with E-state index >= 15 is 0 Å². The lowest BCUT2D eigenvalue weighted by Gasteiger charge is -2.12. The summed E-state index contributed by atoms with van der Waals surface area (Å²) in [4.78, 5) is 12.3. The van der Waals surface area contributed by atoms with E-state index in [1.165, 1.54) is 12.3 Å². The minimum atomic E-state index is -0.927. The van der Waals surface area contributed by atoms with Crippen LogP contribution in [0.4, 0.5) is 14.5 Å². The second-order valence-electron chi connectivity index (χ2n) is 7.00. The van der Waals surface area contributed by atoms with Gasteiger partial charge in [0.1, 0.15) is 29.6 Å². The Labute approximate surface area is 191 Å². The van der Waals surface area contributed by atoms with Gasteiger partial charge in [0.15, 0.2) is 0 Å². The third-order valence-corrected chi connectivity index (χ3v) is 5.17. The topological polar surface area (TPSA) is 56.2 Å². The summed E-state index contributed by atoms with van der Waals surface area (Å²) >= 11 is 3.47. The molecule has 0 aliphatic rings. The van der Waals surface area contributed by atoms with Gasteiger partial charge in [0.05, 0.1) is 18.4 Å². The fourth-order valence-electron chi connectivity index (χ4n) is 3.15. The van der Waals surface area contributed by atoms with Crippen LogP contribution in [0.1, 0.15) is 21.5 Å². The second kappa shape index (κ2) is 9.74. The monoisotopic (exact) mass is 497 g/mol. The SMILES string of the molecule is O=C(Nc1cnn(Cc2cc(Br)ccc2OCc2ccccc2)c1)c1c(F)cccc1F. The van der Waals surface area contributed by atoms with E-state index in [1.54, 1.807) is 10.9 Å². The molecule has 0 spiro atoms. The molecular weight excluding hydrogens is 480 g/mol. The van der Waals surface area contributed by atoms with E-state index in [0.717, 1.165) is 27.7 Å². The maximum Gasteiger partial charge on any atom is 0.261 e. The van der Waals surface area contributed by atoms with Gasteiger partial charge < -0.3 is 10.1 Å². The van der Waals surface area contributed by atoms with Crippen molar-refractivity contribution in [1.29, 1.82) is 0 Å². The van der Waals surface area contributed by atoms with E-state index in [1.807, 2.05) is 48.5 Å². The van der Waals surface area contributed by atoms with Crippen LogP contribution in [0, 0.1) is 11.6 Å². The molecule has 0 aliphatic carbocycles. The molecule has 1 heterocycles. The number of carbonyl (C=O) groups excluding carboxylic acids is 1. The van der Waals surface area contributed by atoms with Crippen molar-refractivity contribution in [3.63, 3.8) is 0 Å². The van der Waals surface area contributed by atoms with Gasteiger partial charge in [0.2, 0.25) is 0 Å². The maximum absolute atomic E-state index is 13.8. The van der Waals surface area contributed by atoms with E-state index in [-0.39, 0.29) is 0 Å². The maximum atomic E-state index is 13.8. The average molecular weight is 498 g/mol. The van der Waals surface area contributed by atoms with Gasteiger partial charge in [0.25, 0.3) is 5.91 Å². The molecule has 32 heavy (non-hydrogen) atoms. The highest BCUT2D eigenvalue weighted by molar-refractivity contribution is 9.10. The number of hydrogen-bond acceptors (Lipinski definition) is 3. The van der Waals surface area contributed by atoms with Crippen molar-refractivity contribution < 1.29 is 18.3 Å². The molecule has 0 atom stereocenters. The van der Waals surface area contributed by atoms with Crippen molar-refractivity contribution in [3.8, 4) is 5.75 Å². The molecule has 8 heteroatoms. The van der Waals surface area contributed by atoms with E-state index in [9.17, 15) is 13.6 Å². The summed E-state index contributed by atoms with van der Waals surface area (Å²) in [5.41, 5.74) is 1.60. The summed E-state index contributed by atoms with van der Waals surface area (Å²) in [6.45, 7) is 0.789. The van der Waals surface area contributed by atoms with Crippen LogP contribution >= 0.6 is 15.9 Å². The molecule has 1 N–H and O–H groups in total. The van der Waals surface area contributed by atoms with Crippen LogP contribution in [0.5, 0.6) is 5.75 Å². The van der Waals surface area contributed by atoms with Crippen molar-refractivity contribution in [1.82, 2.24) is 9.78 Å².